The SMILES string of the molecule is Cc1ccc(CN(C)C(=O)c2cccc(NS(=O)(=O)c3cc(Cl)ccc3Cl)c2)o1. The van der Waals surface area contributed by atoms with Crippen molar-refractivity contribution in [3.8, 4) is 0 Å². The number of carbonyl (C=O) groups excluding carboxylic acids is 1. The number of hydrogen-bond donors (Lipinski definition) is 1. The summed E-state index contributed by atoms with van der Waals surface area (Å²) in [6.45, 7) is 2.12. The number of carbonyl (C=O) groups is 1. The summed E-state index contributed by atoms with van der Waals surface area (Å²) in [6, 6.07) is 14.0. The van der Waals surface area contributed by atoms with Crippen LogP contribution in [-0.4, -0.2) is 26.3 Å². The molecule has 0 bridgehead atoms. The normalized spacial score (nSPS) is 11.3. The van der Waals surface area contributed by atoms with Crippen molar-refractivity contribution in [1.29, 1.82) is 0 Å². The van der Waals surface area contributed by atoms with Crippen molar-refractivity contribution in [1.82, 2.24) is 4.90 Å². The van der Waals surface area contributed by atoms with E-state index in [1.165, 1.54) is 29.2 Å². The zero-order valence-electron chi connectivity index (χ0n) is 15.6. The van der Waals surface area contributed by atoms with Gasteiger partial charge in [-0.3, -0.25) is 9.52 Å². The van der Waals surface area contributed by atoms with Crippen molar-refractivity contribution in [2.75, 3.05) is 11.8 Å². The molecule has 0 aliphatic heterocycles. The number of benzene rings is 2. The Kier molecular flexibility index (Phi) is 6.21. The molecule has 0 aliphatic carbocycles. The van der Waals surface area contributed by atoms with Gasteiger partial charge in [0, 0.05) is 23.3 Å². The van der Waals surface area contributed by atoms with E-state index in [-0.39, 0.29) is 26.5 Å². The number of nitrogens with one attached hydrogen (secondary N) is 1. The predicted molar refractivity (Wildman–Crippen MR) is 113 cm³/mol. The third-order valence-electron chi connectivity index (χ3n) is 4.08. The first kappa shape index (κ1) is 21.2. The number of nitrogens with zero attached hydrogens (tertiary/aromatic N) is 1. The van der Waals surface area contributed by atoms with Gasteiger partial charge < -0.3 is 9.32 Å². The van der Waals surface area contributed by atoms with Gasteiger partial charge in [-0.25, -0.2) is 8.42 Å². The fraction of sp³-hybridized carbons (Fsp3) is 0.150. The smallest absolute Gasteiger partial charge is 0.263 e. The molecule has 3 aromatic rings. The number of halogens is 2. The van der Waals surface area contributed by atoms with Gasteiger partial charge in [-0.2, -0.15) is 0 Å². The first-order chi connectivity index (χ1) is 13.7. The Morgan fingerprint density at radius 1 is 1.10 bits per heavy atom. The number of amides is 1. The maximum Gasteiger partial charge on any atom is 0.263 e. The molecule has 0 saturated carbocycles. The van der Waals surface area contributed by atoms with E-state index in [1.54, 1.807) is 31.3 Å². The lowest BCUT2D eigenvalue weighted by molar-refractivity contribution is 0.0775. The largest absolute Gasteiger partial charge is 0.464 e. The van der Waals surface area contributed by atoms with Gasteiger partial charge in [-0.1, -0.05) is 29.3 Å². The van der Waals surface area contributed by atoms with Crippen LogP contribution in [0.3, 0.4) is 0 Å². The molecule has 0 saturated heterocycles. The minimum absolute atomic E-state index is 0.0441. The summed E-state index contributed by atoms with van der Waals surface area (Å²) in [5.74, 6) is 1.14. The zero-order chi connectivity index (χ0) is 21.2. The Balaban J connectivity index is 1.80. The predicted octanol–water partition coefficient (Wildman–Crippen LogP) is 4.97. The van der Waals surface area contributed by atoms with Gasteiger partial charge in [-0.05, 0) is 55.5 Å². The van der Waals surface area contributed by atoms with E-state index < -0.39 is 10.0 Å². The molecule has 0 aliphatic rings. The van der Waals surface area contributed by atoms with Crippen molar-refractivity contribution in [2.45, 2.75) is 18.4 Å². The fourth-order valence-corrected chi connectivity index (χ4v) is 4.52. The Hall–Kier alpha value is -2.48. The second-order valence-electron chi connectivity index (χ2n) is 6.43. The summed E-state index contributed by atoms with van der Waals surface area (Å²) in [5, 5.41) is 0.288. The second-order valence-corrected chi connectivity index (χ2v) is 8.93. The second kappa shape index (κ2) is 8.49. The molecule has 0 atom stereocenters. The van der Waals surface area contributed by atoms with Crippen LogP contribution in [0, 0.1) is 6.92 Å². The highest BCUT2D eigenvalue weighted by Gasteiger charge is 2.20. The molecule has 6 nitrogen and oxygen atoms in total. The minimum atomic E-state index is -3.98. The van der Waals surface area contributed by atoms with E-state index in [0.717, 1.165) is 5.76 Å². The number of anilines is 1. The van der Waals surface area contributed by atoms with Gasteiger partial charge in [0.2, 0.25) is 0 Å². The van der Waals surface area contributed by atoms with Crippen LogP contribution < -0.4 is 4.72 Å². The molecule has 9 heteroatoms. The van der Waals surface area contributed by atoms with Crippen molar-refractivity contribution >= 4 is 44.8 Å². The van der Waals surface area contributed by atoms with E-state index in [4.69, 9.17) is 27.6 Å². The van der Waals surface area contributed by atoms with Gasteiger partial charge in [0.05, 0.1) is 11.6 Å². The molecule has 1 amide bonds. The van der Waals surface area contributed by atoms with Gasteiger partial charge in [0.25, 0.3) is 15.9 Å². The molecule has 2 aromatic carbocycles. The molecule has 29 heavy (non-hydrogen) atoms. The van der Waals surface area contributed by atoms with Crippen LogP contribution in [0.5, 0.6) is 0 Å². The van der Waals surface area contributed by atoms with Crippen LogP contribution in [-0.2, 0) is 16.6 Å². The summed E-state index contributed by atoms with van der Waals surface area (Å²) in [7, 11) is -2.34. The third-order valence-corrected chi connectivity index (χ3v) is 6.18. The molecule has 0 radical (unpaired) electrons. The first-order valence-corrected chi connectivity index (χ1v) is 10.8. The highest BCUT2D eigenvalue weighted by atomic mass is 35.5. The lowest BCUT2D eigenvalue weighted by atomic mass is 10.2. The fourth-order valence-electron chi connectivity index (χ4n) is 2.71. The quantitative estimate of drug-likeness (QED) is 0.572. The maximum atomic E-state index is 12.7. The molecular formula is C20H18Cl2N2O4S. The van der Waals surface area contributed by atoms with Crippen molar-refractivity contribution < 1.29 is 17.6 Å². The number of sulfonamides is 1. The monoisotopic (exact) mass is 452 g/mol. The maximum absolute atomic E-state index is 12.7. The molecule has 0 fully saturated rings. The minimum Gasteiger partial charge on any atom is -0.464 e. The third kappa shape index (κ3) is 5.12. The Morgan fingerprint density at radius 3 is 2.55 bits per heavy atom. The molecule has 1 aromatic heterocycles. The van der Waals surface area contributed by atoms with Crippen LogP contribution in [0.2, 0.25) is 10.0 Å². The molecule has 0 unspecified atom stereocenters. The highest BCUT2D eigenvalue weighted by Crippen LogP contribution is 2.27. The van der Waals surface area contributed by atoms with Crippen LogP contribution in [0.25, 0.3) is 0 Å². The molecule has 1 heterocycles. The number of hydrogen-bond acceptors (Lipinski definition) is 4. The first-order valence-electron chi connectivity index (χ1n) is 8.54. The van der Waals surface area contributed by atoms with Crippen molar-refractivity contribution in [2.24, 2.45) is 0 Å². The summed E-state index contributed by atoms with van der Waals surface area (Å²) in [5.41, 5.74) is 0.558. The van der Waals surface area contributed by atoms with Crippen molar-refractivity contribution in [3.63, 3.8) is 0 Å². The number of aryl methyl sites for hydroxylation is 1. The van der Waals surface area contributed by atoms with Gasteiger partial charge in [0.1, 0.15) is 16.4 Å². The summed E-state index contributed by atoms with van der Waals surface area (Å²) < 4.78 is 33.3. The van der Waals surface area contributed by atoms with E-state index in [1.807, 2.05) is 13.0 Å². The van der Waals surface area contributed by atoms with Gasteiger partial charge in [0.15, 0.2) is 0 Å². The van der Waals surface area contributed by atoms with Crippen LogP contribution in [0.15, 0.2) is 63.9 Å². The van der Waals surface area contributed by atoms with Crippen LogP contribution >= 0.6 is 23.2 Å². The Bertz CT molecular complexity index is 1160. The van der Waals surface area contributed by atoms with E-state index in [2.05, 4.69) is 4.72 Å². The molecule has 0 spiro atoms. The highest BCUT2D eigenvalue weighted by molar-refractivity contribution is 7.92. The Labute approximate surface area is 179 Å². The average Bonchev–Trinajstić information content (AvgIpc) is 3.07. The van der Waals surface area contributed by atoms with Gasteiger partial charge in [-0.15, -0.1) is 0 Å². The Morgan fingerprint density at radius 2 is 1.86 bits per heavy atom. The van der Waals surface area contributed by atoms with Gasteiger partial charge >= 0.3 is 0 Å². The molecule has 3 rings (SSSR count). The molecular weight excluding hydrogens is 435 g/mol. The van der Waals surface area contributed by atoms with Crippen molar-refractivity contribution in [3.05, 3.63) is 81.7 Å². The molecule has 1 N–H and O–H groups in total. The molecule has 152 valence electrons. The van der Waals surface area contributed by atoms with E-state index in [0.29, 0.717) is 17.9 Å². The lowest BCUT2D eigenvalue weighted by Crippen LogP contribution is -2.26. The zero-order valence-corrected chi connectivity index (χ0v) is 18.0. The summed E-state index contributed by atoms with van der Waals surface area (Å²) in [4.78, 5) is 14.1. The lowest BCUT2D eigenvalue weighted by Gasteiger charge is -2.17. The number of furan rings is 1. The topological polar surface area (TPSA) is 79.6 Å². The summed E-state index contributed by atoms with van der Waals surface area (Å²) in [6.07, 6.45) is 0. The van der Waals surface area contributed by atoms with Crippen LogP contribution in [0.1, 0.15) is 21.9 Å². The van der Waals surface area contributed by atoms with E-state index in [9.17, 15) is 13.2 Å². The average molecular weight is 453 g/mol. The number of rotatable bonds is 6. The standard InChI is InChI=1S/C20H18Cl2N2O4S/c1-13-6-8-17(28-13)12-24(2)20(25)14-4-3-5-16(10-14)23-29(26,27)19-11-15(21)7-9-18(19)22/h3-11,23H,12H2,1-2H3. The summed E-state index contributed by atoms with van der Waals surface area (Å²) >= 11 is 11.9. The van der Waals surface area contributed by atoms with E-state index >= 15 is 0 Å². The van der Waals surface area contributed by atoms with Crippen LogP contribution in [0.4, 0.5) is 5.69 Å².